The number of nitrogens with one attached hydrogen (secondary N) is 1. The molecule has 0 bridgehead atoms. The molecule has 0 saturated heterocycles. The number of esters is 1. The van der Waals surface area contributed by atoms with Gasteiger partial charge in [-0.3, -0.25) is 13.9 Å². The quantitative estimate of drug-likeness (QED) is 0.133. The van der Waals surface area contributed by atoms with Gasteiger partial charge in [0.1, 0.15) is 18.1 Å². The van der Waals surface area contributed by atoms with Gasteiger partial charge in [-0.1, -0.05) is 62.8 Å². The molecule has 0 amide bonds. The Morgan fingerprint density at radius 1 is 0.826 bits per heavy atom. The van der Waals surface area contributed by atoms with Crippen molar-refractivity contribution < 1.29 is 23.7 Å². The smallest absolute Gasteiger partial charge is 0.332 e. The van der Waals surface area contributed by atoms with Gasteiger partial charge < -0.3 is 23.9 Å². The maximum Gasteiger partial charge on any atom is 0.332 e. The molecule has 11 nitrogen and oxygen atoms in total. The van der Waals surface area contributed by atoms with E-state index in [1.165, 1.54) is 36.3 Å². The Hall–Kier alpha value is -3.54. The van der Waals surface area contributed by atoms with Crippen molar-refractivity contribution in [2.24, 2.45) is 11.8 Å². The summed E-state index contributed by atoms with van der Waals surface area (Å²) >= 11 is 0. The van der Waals surface area contributed by atoms with Crippen molar-refractivity contribution in [2.75, 3.05) is 46.8 Å². The lowest BCUT2D eigenvalue weighted by molar-refractivity contribution is -0.139. The van der Waals surface area contributed by atoms with Gasteiger partial charge in [0.25, 0.3) is 5.56 Å². The second-order valence-corrected chi connectivity index (χ2v) is 12.4. The lowest BCUT2D eigenvalue weighted by atomic mass is 9.89. The molecule has 0 radical (unpaired) electrons. The van der Waals surface area contributed by atoms with Gasteiger partial charge >= 0.3 is 11.7 Å². The topological polar surface area (TPSA) is 127 Å². The first-order valence-corrected chi connectivity index (χ1v) is 16.9. The highest BCUT2D eigenvalue weighted by Gasteiger charge is 2.24. The van der Waals surface area contributed by atoms with E-state index in [1.807, 2.05) is 24.3 Å². The molecule has 2 fully saturated rings. The van der Waals surface area contributed by atoms with Crippen molar-refractivity contribution in [3.05, 3.63) is 56.7 Å². The molecule has 5 rings (SSSR count). The minimum absolute atomic E-state index is 0.153. The van der Waals surface area contributed by atoms with Crippen LogP contribution in [0.25, 0.3) is 28.6 Å². The zero-order valence-electron chi connectivity index (χ0n) is 27.0. The summed E-state index contributed by atoms with van der Waals surface area (Å²) in [4.78, 5) is 47.7. The molecule has 0 spiro atoms. The predicted octanol–water partition coefficient (Wildman–Crippen LogP) is 4.95. The molecule has 2 aliphatic rings. The molecular weight excluding hydrogens is 588 g/mol. The number of rotatable bonds is 16. The van der Waals surface area contributed by atoms with Gasteiger partial charge in [-0.15, -0.1) is 0 Å². The highest BCUT2D eigenvalue weighted by atomic mass is 16.6. The number of aromatic nitrogens is 4. The Labute approximate surface area is 269 Å². The second-order valence-electron chi connectivity index (χ2n) is 12.4. The van der Waals surface area contributed by atoms with Gasteiger partial charge in [-0.25, -0.2) is 14.6 Å². The lowest BCUT2D eigenvalue weighted by Gasteiger charge is -2.24. The number of carbonyl (C=O) groups excluding carboxylic acids is 1. The summed E-state index contributed by atoms with van der Waals surface area (Å²) in [7, 11) is 1.62. The fraction of sp³-hybridized carbons (Fsp3) is 0.600. The predicted molar refractivity (Wildman–Crippen MR) is 177 cm³/mol. The third-order valence-corrected chi connectivity index (χ3v) is 9.07. The molecule has 250 valence electrons. The average Bonchev–Trinajstić information content (AvgIpc) is 3.54. The van der Waals surface area contributed by atoms with E-state index in [2.05, 4.69) is 4.98 Å². The van der Waals surface area contributed by atoms with Crippen molar-refractivity contribution >= 4 is 23.2 Å². The molecule has 1 aromatic carbocycles. The van der Waals surface area contributed by atoms with Crippen LogP contribution in [-0.4, -0.2) is 71.8 Å². The SMILES string of the molecule is COCCOCCOCCOC(=O)/C=C/c1ccc(-c2nc3c(=O)n(CC4CCCCC4)c(=O)n(CC4CCCCC4)c3[nH]2)cc1. The van der Waals surface area contributed by atoms with Crippen LogP contribution in [0.15, 0.2) is 39.9 Å². The lowest BCUT2D eigenvalue weighted by Crippen LogP contribution is -2.42. The van der Waals surface area contributed by atoms with E-state index in [-0.39, 0.29) is 17.9 Å². The van der Waals surface area contributed by atoms with Crippen LogP contribution in [0.1, 0.15) is 69.8 Å². The molecule has 11 heteroatoms. The second kappa shape index (κ2) is 17.4. The number of methoxy groups -OCH3 is 1. The van der Waals surface area contributed by atoms with E-state index < -0.39 is 5.97 Å². The van der Waals surface area contributed by atoms with E-state index in [4.69, 9.17) is 23.9 Å². The van der Waals surface area contributed by atoms with Crippen LogP contribution in [0.5, 0.6) is 0 Å². The van der Waals surface area contributed by atoms with Crippen molar-refractivity contribution in [1.82, 2.24) is 19.1 Å². The monoisotopic (exact) mass is 636 g/mol. The number of H-pyrrole nitrogens is 1. The van der Waals surface area contributed by atoms with Crippen LogP contribution in [0.4, 0.5) is 0 Å². The van der Waals surface area contributed by atoms with E-state index in [9.17, 15) is 14.4 Å². The summed E-state index contributed by atoms with van der Waals surface area (Å²) < 4.78 is 24.0. The fourth-order valence-corrected chi connectivity index (χ4v) is 6.52. The third kappa shape index (κ3) is 9.27. The number of hydrogen-bond acceptors (Lipinski definition) is 8. The summed E-state index contributed by atoms with van der Waals surface area (Å²) in [6.45, 7) is 3.43. The van der Waals surface area contributed by atoms with Crippen LogP contribution in [0.3, 0.4) is 0 Å². The van der Waals surface area contributed by atoms with Crippen LogP contribution in [0.2, 0.25) is 0 Å². The standard InChI is InChI=1S/C35H48N4O7/c1-43-18-19-44-20-21-45-22-23-46-30(40)17-14-26-12-15-29(16-13-26)32-36-31-33(37-32)38(24-27-8-4-2-5-9-27)35(42)39(34(31)41)25-28-10-6-3-7-11-28/h12-17,27-28H,2-11,18-25H2,1H3,(H,36,37)/b17-14+. The van der Waals surface area contributed by atoms with Crippen molar-refractivity contribution in [3.8, 4) is 11.4 Å². The van der Waals surface area contributed by atoms with E-state index in [1.54, 1.807) is 17.8 Å². The fourth-order valence-electron chi connectivity index (χ4n) is 6.52. The first-order chi connectivity index (χ1) is 22.5. The number of nitrogens with zero attached hydrogens (tertiary/aromatic N) is 3. The van der Waals surface area contributed by atoms with Gasteiger partial charge in [-0.2, -0.15) is 0 Å². The molecule has 2 aliphatic carbocycles. The molecule has 0 unspecified atom stereocenters. The Balaban J connectivity index is 1.25. The number of ether oxygens (including phenoxy) is 4. The molecule has 46 heavy (non-hydrogen) atoms. The number of aromatic amines is 1. The highest BCUT2D eigenvalue weighted by Crippen LogP contribution is 2.27. The molecule has 2 saturated carbocycles. The zero-order chi connectivity index (χ0) is 32.1. The number of imidazole rings is 1. The molecule has 2 aromatic heterocycles. The number of benzene rings is 1. The van der Waals surface area contributed by atoms with Gasteiger partial charge in [-0.05, 0) is 49.2 Å². The van der Waals surface area contributed by atoms with Gasteiger partial charge in [0.05, 0.1) is 33.0 Å². The Morgan fingerprint density at radius 3 is 2.04 bits per heavy atom. The zero-order valence-corrected chi connectivity index (χ0v) is 27.0. The van der Waals surface area contributed by atoms with E-state index in [0.29, 0.717) is 74.9 Å². The summed E-state index contributed by atoms with van der Waals surface area (Å²) in [5.74, 6) is 0.846. The van der Waals surface area contributed by atoms with Crippen molar-refractivity contribution in [3.63, 3.8) is 0 Å². The largest absolute Gasteiger partial charge is 0.460 e. The third-order valence-electron chi connectivity index (χ3n) is 9.07. The maximum absolute atomic E-state index is 13.8. The Bertz CT molecular complexity index is 1540. The van der Waals surface area contributed by atoms with Crippen molar-refractivity contribution in [2.45, 2.75) is 77.3 Å². The summed E-state index contributed by atoms with van der Waals surface area (Å²) in [6, 6.07) is 7.51. The minimum atomic E-state index is -0.457. The van der Waals surface area contributed by atoms with Crippen LogP contribution in [0, 0.1) is 11.8 Å². The summed E-state index contributed by atoms with van der Waals surface area (Å²) in [6.07, 6.45) is 14.5. The first kappa shape index (κ1) is 33.8. The van der Waals surface area contributed by atoms with Crippen LogP contribution < -0.4 is 11.2 Å². The molecule has 2 heterocycles. The number of fused-ring (bicyclic) bond motifs is 1. The molecule has 1 N–H and O–H groups in total. The Kier molecular flexibility index (Phi) is 12.8. The van der Waals surface area contributed by atoms with Crippen molar-refractivity contribution in [1.29, 1.82) is 0 Å². The number of hydrogen-bond donors (Lipinski definition) is 1. The maximum atomic E-state index is 13.8. The average molecular weight is 637 g/mol. The number of carbonyl (C=O) groups is 1. The molecule has 0 aliphatic heterocycles. The van der Waals surface area contributed by atoms with E-state index in [0.717, 1.165) is 49.7 Å². The van der Waals surface area contributed by atoms with Gasteiger partial charge in [0.2, 0.25) is 0 Å². The molecular formula is C35H48N4O7. The first-order valence-electron chi connectivity index (χ1n) is 16.9. The van der Waals surface area contributed by atoms with Gasteiger partial charge in [0.15, 0.2) is 5.52 Å². The van der Waals surface area contributed by atoms with Gasteiger partial charge in [0, 0.05) is 31.8 Å². The van der Waals surface area contributed by atoms with Crippen LogP contribution >= 0.6 is 0 Å². The normalized spacial score (nSPS) is 16.5. The van der Waals surface area contributed by atoms with E-state index >= 15 is 0 Å². The molecule has 3 aromatic rings. The van der Waals surface area contributed by atoms with Crippen LogP contribution in [-0.2, 0) is 36.8 Å². The summed E-state index contributed by atoms with van der Waals surface area (Å²) in [5.41, 5.74) is 1.88. The molecule has 0 atom stereocenters. The minimum Gasteiger partial charge on any atom is -0.460 e. The summed E-state index contributed by atoms with van der Waals surface area (Å²) in [5, 5.41) is 0. The Morgan fingerprint density at radius 2 is 1.41 bits per heavy atom. The highest BCUT2D eigenvalue weighted by molar-refractivity contribution is 5.87.